The molecule has 0 saturated heterocycles. The normalized spacial score (nSPS) is 14.1. The van der Waals surface area contributed by atoms with Crippen LogP contribution in [0, 0.1) is 0 Å². The molecule has 1 aromatic carbocycles. The first-order valence-corrected chi connectivity index (χ1v) is 7.11. The van der Waals surface area contributed by atoms with Crippen molar-refractivity contribution in [1.29, 1.82) is 0 Å². The number of hydrogen-bond donors (Lipinski definition) is 2. The van der Waals surface area contributed by atoms with E-state index in [9.17, 15) is 9.59 Å². The minimum Gasteiger partial charge on any atom is -0.267 e. The Morgan fingerprint density at radius 2 is 1.80 bits per heavy atom. The topological polar surface area (TPSA) is 58.2 Å². The third-order valence-electron chi connectivity index (χ3n) is 3.01. The maximum absolute atomic E-state index is 12.0. The van der Waals surface area contributed by atoms with E-state index in [4.69, 9.17) is 0 Å². The number of benzene rings is 1. The van der Waals surface area contributed by atoms with E-state index < -0.39 is 0 Å². The van der Waals surface area contributed by atoms with Gasteiger partial charge in [0.25, 0.3) is 11.8 Å². The predicted molar refractivity (Wildman–Crippen MR) is 80.8 cm³/mol. The van der Waals surface area contributed by atoms with E-state index in [1.54, 1.807) is 18.2 Å². The summed E-state index contributed by atoms with van der Waals surface area (Å²) in [5.41, 5.74) is 6.88. The van der Waals surface area contributed by atoms with Crippen molar-refractivity contribution in [3.63, 3.8) is 0 Å². The molecule has 1 aliphatic rings. The second kappa shape index (κ2) is 6.52. The summed E-state index contributed by atoms with van der Waals surface area (Å²) in [5.74, 6) is -0.639. The highest BCUT2D eigenvalue weighted by molar-refractivity contribution is 9.10. The Hall–Kier alpha value is -1.88. The van der Waals surface area contributed by atoms with E-state index in [-0.39, 0.29) is 11.8 Å². The molecule has 1 aromatic rings. The predicted octanol–water partition coefficient (Wildman–Crippen LogP) is 2.88. The standard InChI is InChI=1S/C15H15BrN2O2/c1-10-5-2-3-8-13(10)15(20)18-17-14(19)11-6-4-7-12(16)9-11/h4-9H,2-3H2,1H3,(H,17,19)(H,18,20). The third kappa shape index (κ3) is 3.57. The van der Waals surface area contributed by atoms with E-state index >= 15 is 0 Å². The number of hydrazine groups is 1. The molecule has 20 heavy (non-hydrogen) atoms. The number of carbonyl (C=O) groups excluding carboxylic acids is 2. The van der Waals surface area contributed by atoms with Gasteiger partial charge in [0, 0.05) is 15.6 Å². The van der Waals surface area contributed by atoms with E-state index in [0.29, 0.717) is 11.1 Å². The van der Waals surface area contributed by atoms with Gasteiger partial charge in [-0.25, -0.2) is 0 Å². The summed E-state index contributed by atoms with van der Waals surface area (Å²) in [6.45, 7) is 1.89. The molecule has 0 aromatic heterocycles. The molecule has 0 aliphatic heterocycles. The van der Waals surface area contributed by atoms with Crippen LogP contribution in [0.2, 0.25) is 0 Å². The Bertz CT molecular complexity index is 606. The van der Waals surface area contributed by atoms with Crippen molar-refractivity contribution in [1.82, 2.24) is 10.9 Å². The fraction of sp³-hybridized carbons (Fsp3) is 0.200. The van der Waals surface area contributed by atoms with Gasteiger partial charge in [-0.3, -0.25) is 20.4 Å². The molecule has 0 fully saturated rings. The van der Waals surface area contributed by atoms with Crippen molar-refractivity contribution in [2.75, 3.05) is 0 Å². The molecule has 0 bridgehead atoms. The minimum atomic E-state index is -0.349. The monoisotopic (exact) mass is 334 g/mol. The molecule has 5 heteroatoms. The minimum absolute atomic E-state index is 0.290. The lowest BCUT2D eigenvalue weighted by molar-refractivity contribution is -0.118. The SMILES string of the molecule is CC1=CCCC=C1C(=O)NNC(=O)c1cccc(Br)c1. The number of carbonyl (C=O) groups is 2. The number of nitrogens with one attached hydrogen (secondary N) is 2. The molecule has 0 radical (unpaired) electrons. The molecule has 2 N–H and O–H groups in total. The van der Waals surface area contributed by atoms with Crippen molar-refractivity contribution in [3.8, 4) is 0 Å². The molecule has 0 spiro atoms. The molecule has 1 aliphatic carbocycles. The van der Waals surface area contributed by atoms with Crippen LogP contribution in [-0.4, -0.2) is 11.8 Å². The average Bonchev–Trinajstić information content (AvgIpc) is 2.45. The van der Waals surface area contributed by atoms with Crippen LogP contribution in [-0.2, 0) is 4.79 Å². The zero-order valence-electron chi connectivity index (χ0n) is 11.1. The van der Waals surface area contributed by atoms with Gasteiger partial charge in [-0.2, -0.15) is 0 Å². The van der Waals surface area contributed by atoms with Gasteiger partial charge in [-0.15, -0.1) is 0 Å². The van der Waals surface area contributed by atoms with Crippen LogP contribution in [0.15, 0.2) is 52.0 Å². The molecule has 2 rings (SSSR count). The summed E-state index contributed by atoms with van der Waals surface area (Å²) in [6, 6.07) is 6.96. The van der Waals surface area contributed by atoms with E-state index in [2.05, 4.69) is 26.8 Å². The van der Waals surface area contributed by atoms with Crippen LogP contribution >= 0.6 is 15.9 Å². The fourth-order valence-electron chi connectivity index (χ4n) is 1.95. The van der Waals surface area contributed by atoms with Crippen LogP contribution in [0.5, 0.6) is 0 Å². The lowest BCUT2D eigenvalue weighted by Crippen LogP contribution is -2.42. The summed E-state index contributed by atoms with van der Waals surface area (Å²) in [7, 11) is 0. The number of amides is 2. The maximum atomic E-state index is 12.0. The zero-order valence-corrected chi connectivity index (χ0v) is 12.7. The Labute approximate surface area is 126 Å². The van der Waals surface area contributed by atoms with Gasteiger partial charge < -0.3 is 0 Å². The lowest BCUT2D eigenvalue weighted by atomic mass is 9.99. The molecule has 2 amide bonds. The van der Waals surface area contributed by atoms with Crippen molar-refractivity contribution in [2.24, 2.45) is 0 Å². The van der Waals surface area contributed by atoms with Gasteiger partial charge in [0.05, 0.1) is 0 Å². The average molecular weight is 335 g/mol. The lowest BCUT2D eigenvalue weighted by Gasteiger charge is -2.13. The van der Waals surface area contributed by atoms with Crippen LogP contribution in [0.3, 0.4) is 0 Å². The van der Waals surface area contributed by atoms with Gasteiger partial charge in [-0.05, 0) is 43.5 Å². The summed E-state index contributed by atoms with van der Waals surface area (Å²) >= 11 is 3.30. The Morgan fingerprint density at radius 3 is 2.50 bits per heavy atom. The number of allylic oxidation sites excluding steroid dienone is 2. The van der Waals surface area contributed by atoms with Crippen molar-refractivity contribution >= 4 is 27.7 Å². The quantitative estimate of drug-likeness (QED) is 0.817. The molecule has 0 atom stereocenters. The highest BCUT2D eigenvalue weighted by atomic mass is 79.9. The van der Waals surface area contributed by atoms with E-state index in [1.165, 1.54) is 0 Å². The summed E-state index contributed by atoms with van der Waals surface area (Å²) in [6.07, 6.45) is 5.70. The molecule has 0 saturated carbocycles. The van der Waals surface area contributed by atoms with Crippen molar-refractivity contribution in [3.05, 3.63) is 57.6 Å². The van der Waals surface area contributed by atoms with Crippen LogP contribution in [0.25, 0.3) is 0 Å². The molecule has 0 heterocycles. The van der Waals surface area contributed by atoms with E-state index in [1.807, 2.05) is 25.1 Å². The van der Waals surface area contributed by atoms with Crippen LogP contribution in [0.4, 0.5) is 0 Å². The van der Waals surface area contributed by atoms with Gasteiger partial charge in [0.15, 0.2) is 0 Å². The van der Waals surface area contributed by atoms with Gasteiger partial charge in [-0.1, -0.05) is 34.1 Å². The molecule has 0 unspecified atom stereocenters. The fourth-order valence-corrected chi connectivity index (χ4v) is 2.35. The second-order valence-electron chi connectivity index (χ2n) is 4.50. The third-order valence-corrected chi connectivity index (χ3v) is 3.50. The first kappa shape index (κ1) is 14.5. The van der Waals surface area contributed by atoms with Gasteiger partial charge >= 0.3 is 0 Å². The Kier molecular flexibility index (Phi) is 4.74. The Morgan fingerprint density at radius 1 is 1.10 bits per heavy atom. The van der Waals surface area contributed by atoms with Crippen molar-refractivity contribution in [2.45, 2.75) is 19.8 Å². The maximum Gasteiger partial charge on any atom is 0.269 e. The smallest absolute Gasteiger partial charge is 0.267 e. The molecular weight excluding hydrogens is 320 g/mol. The number of rotatable bonds is 2. The molecule has 4 nitrogen and oxygen atoms in total. The summed E-state index contributed by atoms with van der Waals surface area (Å²) in [5, 5.41) is 0. The van der Waals surface area contributed by atoms with Gasteiger partial charge in [0.2, 0.25) is 0 Å². The first-order chi connectivity index (χ1) is 9.58. The van der Waals surface area contributed by atoms with Crippen LogP contribution < -0.4 is 10.9 Å². The highest BCUT2D eigenvalue weighted by Crippen LogP contribution is 2.17. The number of hydrogen-bond acceptors (Lipinski definition) is 2. The number of halogens is 1. The highest BCUT2D eigenvalue weighted by Gasteiger charge is 2.14. The van der Waals surface area contributed by atoms with E-state index in [0.717, 1.165) is 22.9 Å². The summed E-state index contributed by atoms with van der Waals surface area (Å²) < 4.78 is 0.810. The van der Waals surface area contributed by atoms with Crippen LogP contribution in [0.1, 0.15) is 30.1 Å². The van der Waals surface area contributed by atoms with Gasteiger partial charge in [0.1, 0.15) is 0 Å². The first-order valence-electron chi connectivity index (χ1n) is 6.31. The summed E-state index contributed by atoms with van der Waals surface area (Å²) in [4.78, 5) is 23.9. The molecular formula is C15H15BrN2O2. The Balaban J connectivity index is 1.95. The second-order valence-corrected chi connectivity index (χ2v) is 5.42. The zero-order chi connectivity index (χ0) is 14.5. The molecule has 104 valence electrons. The van der Waals surface area contributed by atoms with Crippen molar-refractivity contribution < 1.29 is 9.59 Å². The largest absolute Gasteiger partial charge is 0.269 e.